The zero-order valence-electron chi connectivity index (χ0n) is 16.9. The fourth-order valence-corrected chi connectivity index (χ4v) is 4.43. The molecule has 3 rings (SSSR count). The molecule has 0 spiro atoms. The number of carbonyl (C=O) groups is 1. The molecular weight excluding hydrogens is 393 g/mol. The van der Waals surface area contributed by atoms with E-state index in [1.807, 2.05) is 0 Å². The first-order valence-corrected chi connectivity index (χ1v) is 10.5. The van der Waals surface area contributed by atoms with Crippen molar-refractivity contribution >= 4 is 30.7 Å². The van der Waals surface area contributed by atoms with Gasteiger partial charge in [-0.25, -0.2) is 0 Å². The Kier molecular flexibility index (Phi) is 12.1. The standard InChI is InChI=1S/C22H35N3O.2ClH/c23-21-9-8-20(17-21)22(26)24-12-4-5-13-25-14-10-19(11-15-25)16-18-6-2-1-3-7-18;;/h1-3,6-7,19-21H,4-5,8-17,23H2,(H,24,26);2*1H. The second-order valence-electron chi connectivity index (χ2n) is 8.24. The molecule has 1 saturated carbocycles. The van der Waals surface area contributed by atoms with Crippen LogP contribution < -0.4 is 11.1 Å². The monoisotopic (exact) mass is 429 g/mol. The van der Waals surface area contributed by atoms with Crippen molar-refractivity contribution < 1.29 is 4.79 Å². The number of carbonyl (C=O) groups excluding carboxylic acids is 1. The molecule has 160 valence electrons. The third-order valence-electron chi connectivity index (χ3n) is 6.12. The third kappa shape index (κ3) is 8.28. The number of nitrogens with two attached hydrogens (primary N) is 1. The van der Waals surface area contributed by atoms with Crippen molar-refractivity contribution in [1.82, 2.24) is 10.2 Å². The number of hydrogen-bond acceptors (Lipinski definition) is 3. The van der Waals surface area contributed by atoms with Gasteiger partial charge in [-0.1, -0.05) is 30.3 Å². The smallest absolute Gasteiger partial charge is 0.223 e. The van der Waals surface area contributed by atoms with E-state index in [2.05, 4.69) is 40.5 Å². The van der Waals surface area contributed by atoms with Gasteiger partial charge >= 0.3 is 0 Å². The SMILES string of the molecule is Cl.Cl.NC1CCC(C(=O)NCCCCN2CCC(Cc3ccccc3)CC2)C1. The second-order valence-corrected chi connectivity index (χ2v) is 8.24. The van der Waals surface area contributed by atoms with E-state index in [9.17, 15) is 4.79 Å². The first-order chi connectivity index (χ1) is 12.7. The summed E-state index contributed by atoms with van der Waals surface area (Å²) in [6.45, 7) is 4.44. The Labute approximate surface area is 182 Å². The predicted molar refractivity (Wildman–Crippen MR) is 121 cm³/mol. The maximum atomic E-state index is 12.1. The minimum atomic E-state index is 0. The van der Waals surface area contributed by atoms with Crippen molar-refractivity contribution in [1.29, 1.82) is 0 Å². The summed E-state index contributed by atoms with van der Waals surface area (Å²) in [5.41, 5.74) is 7.37. The molecule has 0 aromatic heterocycles. The van der Waals surface area contributed by atoms with Gasteiger partial charge in [-0.3, -0.25) is 4.79 Å². The number of likely N-dealkylation sites (tertiary alicyclic amines) is 1. The molecule has 28 heavy (non-hydrogen) atoms. The lowest BCUT2D eigenvalue weighted by Crippen LogP contribution is -2.35. The Morgan fingerprint density at radius 2 is 1.75 bits per heavy atom. The van der Waals surface area contributed by atoms with Crippen LogP contribution in [0.15, 0.2) is 30.3 Å². The second kappa shape index (κ2) is 13.4. The molecule has 1 saturated heterocycles. The largest absolute Gasteiger partial charge is 0.356 e. The molecule has 1 aliphatic heterocycles. The van der Waals surface area contributed by atoms with Gasteiger partial charge in [0.15, 0.2) is 0 Å². The van der Waals surface area contributed by atoms with E-state index >= 15 is 0 Å². The molecule has 2 aliphatic rings. The van der Waals surface area contributed by atoms with Gasteiger partial charge in [-0.05, 0) is 82.5 Å². The summed E-state index contributed by atoms with van der Waals surface area (Å²) in [6, 6.07) is 11.1. The Bertz CT molecular complexity index is 550. The minimum absolute atomic E-state index is 0. The van der Waals surface area contributed by atoms with Crippen molar-refractivity contribution in [3.05, 3.63) is 35.9 Å². The van der Waals surface area contributed by atoms with Gasteiger partial charge in [0.2, 0.25) is 5.91 Å². The van der Waals surface area contributed by atoms with Gasteiger partial charge in [-0.2, -0.15) is 0 Å². The van der Waals surface area contributed by atoms with Crippen molar-refractivity contribution in [3.8, 4) is 0 Å². The van der Waals surface area contributed by atoms with Crippen LogP contribution in [0.3, 0.4) is 0 Å². The summed E-state index contributed by atoms with van der Waals surface area (Å²) in [5.74, 6) is 1.22. The molecule has 4 nitrogen and oxygen atoms in total. The van der Waals surface area contributed by atoms with E-state index < -0.39 is 0 Å². The van der Waals surface area contributed by atoms with Crippen LogP contribution in [-0.4, -0.2) is 43.0 Å². The van der Waals surface area contributed by atoms with Crippen molar-refractivity contribution in [3.63, 3.8) is 0 Å². The van der Waals surface area contributed by atoms with E-state index in [0.717, 1.165) is 38.1 Å². The molecule has 2 unspecified atom stereocenters. The summed E-state index contributed by atoms with van der Waals surface area (Å²) in [4.78, 5) is 14.7. The van der Waals surface area contributed by atoms with Crippen LogP contribution in [0.25, 0.3) is 0 Å². The van der Waals surface area contributed by atoms with E-state index in [4.69, 9.17) is 5.73 Å². The lowest BCUT2D eigenvalue weighted by molar-refractivity contribution is -0.124. The zero-order valence-corrected chi connectivity index (χ0v) is 18.5. The Morgan fingerprint density at radius 1 is 1.04 bits per heavy atom. The Hall–Kier alpha value is -0.810. The van der Waals surface area contributed by atoms with E-state index in [1.54, 1.807) is 0 Å². The van der Waals surface area contributed by atoms with Crippen LogP contribution in [0.2, 0.25) is 0 Å². The number of nitrogens with zero attached hydrogens (tertiary/aromatic N) is 1. The highest BCUT2D eigenvalue weighted by atomic mass is 35.5. The number of unbranched alkanes of at least 4 members (excludes halogenated alkanes) is 1. The molecule has 3 N–H and O–H groups in total. The molecule has 1 amide bonds. The molecule has 1 aromatic rings. The Morgan fingerprint density at radius 3 is 2.39 bits per heavy atom. The summed E-state index contributed by atoms with van der Waals surface area (Å²) < 4.78 is 0. The number of rotatable bonds is 8. The lowest BCUT2D eigenvalue weighted by Gasteiger charge is -2.32. The molecular formula is C22H37Cl2N3O. The highest BCUT2D eigenvalue weighted by molar-refractivity contribution is 5.85. The molecule has 0 bridgehead atoms. The molecule has 2 atom stereocenters. The van der Waals surface area contributed by atoms with Gasteiger partial charge in [-0.15, -0.1) is 24.8 Å². The van der Waals surface area contributed by atoms with Gasteiger partial charge in [0.05, 0.1) is 0 Å². The number of piperidine rings is 1. The highest BCUT2D eigenvalue weighted by Gasteiger charge is 2.27. The van der Waals surface area contributed by atoms with Crippen LogP contribution in [0.4, 0.5) is 0 Å². The van der Waals surface area contributed by atoms with Crippen LogP contribution in [-0.2, 0) is 11.2 Å². The van der Waals surface area contributed by atoms with E-state index in [0.29, 0.717) is 0 Å². The maximum absolute atomic E-state index is 12.1. The summed E-state index contributed by atoms with van der Waals surface area (Å²) >= 11 is 0. The summed E-state index contributed by atoms with van der Waals surface area (Å²) in [5, 5.41) is 3.10. The molecule has 1 heterocycles. The topological polar surface area (TPSA) is 58.4 Å². The first kappa shape index (κ1) is 25.2. The number of benzene rings is 1. The van der Waals surface area contributed by atoms with Gasteiger partial charge in [0.1, 0.15) is 0 Å². The minimum Gasteiger partial charge on any atom is -0.356 e. The number of amides is 1. The van der Waals surface area contributed by atoms with Gasteiger partial charge < -0.3 is 16.0 Å². The van der Waals surface area contributed by atoms with Gasteiger partial charge in [0.25, 0.3) is 0 Å². The van der Waals surface area contributed by atoms with Crippen molar-refractivity contribution in [2.75, 3.05) is 26.2 Å². The van der Waals surface area contributed by atoms with Crippen LogP contribution in [0.1, 0.15) is 50.5 Å². The zero-order chi connectivity index (χ0) is 18.2. The number of nitrogens with one attached hydrogen (secondary N) is 1. The fraction of sp³-hybridized carbons (Fsp3) is 0.682. The maximum Gasteiger partial charge on any atom is 0.223 e. The number of hydrogen-bond donors (Lipinski definition) is 2. The van der Waals surface area contributed by atoms with E-state index in [1.165, 1.54) is 50.9 Å². The van der Waals surface area contributed by atoms with Crippen LogP contribution in [0, 0.1) is 11.8 Å². The third-order valence-corrected chi connectivity index (χ3v) is 6.12. The summed E-state index contributed by atoms with van der Waals surface area (Å²) in [7, 11) is 0. The van der Waals surface area contributed by atoms with E-state index in [-0.39, 0.29) is 42.7 Å². The average molecular weight is 430 g/mol. The summed E-state index contributed by atoms with van der Waals surface area (Å²) in [6.07, 6.45) is 8.93. The van der Waals surface area contributed by atoms with Gasteiger partial charge in [0, 0.05) is 18.5 Å². The molecule has 0 radical (unpaired) electrons. The predicted octanol–water partition coefficient (Wildman–Crippen LogP) is 3.81. The Balaban J connectivity index is 0.00000196. The molecule has 1 aliphatic carbocycles. The van der Waals surface area contributed by atoms with Crippen molar-refractivity contribution in [2.24, 2.45) is 17.6 Å². The fourth-order valence-electron chi connectivity index (χ4n) is 4.43. The average Bonchev–Trinajstić information content (AvgIpc) is 3.10. The first-order valence-electron chi connectivity index (χ1n) is 10.5. The molecule has 2 fully saturated rings. The lowest BCUT2D eigenvalue weighted by atomic mass is 9.90. The quantitative estimate of drug-likeness (QED) is 0.617. The van der Waals surface area contributed by atoms with Crippen molar-refractivity contribution in [2.45, 2.75) is 57.4 Å². The highest BCUT2D eigenvalue weighted by Crippen LogP contribution is 2.24. The number of halogens is 2. The van der Waals surface area contributed by atoms with Crippen LogP contribution in [0.5, 0.6) is 0 Å². The normalized spacial score (nSPS) is 22.9. The molecule has 6 heteroatoms. The van der Waals surface area contributed by atoms with Crippen LogP contribution >= 0.6 is 24.8 Å². The molecule has 1 aromatic carbocycles.